The molecule has 1 aliphatic carbocycles. The number of hydrogen-bond acceptors (Lipinski definition) is 3. The number of carbonyl (C=O) groups is 1. The molecule has 0 bridgehead atoms. The molecule has 0 saturated heterocycles. The molecule has 1 amide bonds. The Morgan fingerprint density at radius 3 is 2.50 bits per heavy atom. The van der Waals surface area contributed by atoms with E-state index in [2.05, 4.69) is 5.32 Å². The van der Waals surface area contributed by atoms with Crippen molar-refractivity contribution in [2.45, 2.75) is 44.8 Å². The third-order valence-electron chi connectivity index (χ3n) is 3.70. The zero-order valence-corrected chi connectivity index (χ0v) is 11.9. The molecule has 0 unspecified atom stereocenters. The van der Waals surface area contributed by atoms with Crippen molar-refractivity contribution in [3.63, 3.8) is 0 Å². The van der Waals surface area contributed by atoms with Crippen molar-refractivity contribution in [2.75, 3.05) is 13.2 Å². The van der Waals surface area contributed by atoms with Crippen molar-refractivity contribution in [3.8, 4) is 0 Å². The van der Waals surface area contributed by atoms with E-state index >= 15 is 0 Å². The molecule has 0 heterocycles. The van der Waals surface area contributed by atoms with E-state index in [4.69, 9.17) is 10.5 Å². The fraction of sp³-hybridized carbons (Fsp3) is 0.562. The fourth-order valence-corrected chi connectivity index (χ4v) is 2.51. The van der Waals surface area contributed by atoms with Gasteiger partial charge >= 0.3 is 0 Å². The Labute approximate surface area is 120 Å². The first-order valence-electron chi connectivity index (χ1n) is 7.44. The number of amides is 1. The Morgan fingerprint density at radius 1 is 1.20 bits per heavy atom. The average Bonchev–Trinajstić information content (AvgIpc) is 2.98. The van der Waals surface area contributed by atoms with Crippen LogP contribution in [0.4, 0.5) is 0 Å². The number of carbonyl (C=O) groups excluding carboxylic acids is 1. The van der Waals surface area contributed by atoms with Gasteiger partial charge in [0, 0.05) is 13.1 Å². The maximum Gasteiger partial charge on any atom is 0.224 e. The van der Waals surface area contributed by atoms with Crippen LogP contribution in [0.1, 0.15) is 36.8 Å². The molecule has 1 aromatic carbocycles. The van der Waals surface area contributed by atoms with Crippen LogP contribution in [0.5, 0.6) is 0 Å². The summed E-state index contributed by atoms with van der Waals surface area (Å²) >= 11 is 0. The normalized spacial score (nSPS) is 15.4. The maximum absolute atomic E-state index is 11.8. The highest BCUT2D eigenvalue weighted by Crippen LogP contribution is 2.20. The minimum Gasteiger partial charge on any atom is -0.376 e. The van der Waals surface area contributed by atoms with Crippen molar-refractivity contribution in [1.82, 2.24) is 5.32 Å². The zero-order valence-electron chi connectivity index (χ0n) is 11.9. The van der Waals surface area contributed by atoms with E-state index in [9.17, 15) is 4.79 Å². The highest BCUT2D eigenvalue weighted by molar-refractivity contribution is 5.78. The number of ether oxygens (including phenoxy) is 1. The first-order chi connectivity index (χ1) is 9.78. The zero-order chi connectivity index (χ0) is 14.2. The molecular weight excluding hydrogens is 252 g/mol. The van der Waals surface area contributed by atoms with E-state index in [1.807, 2.05) is 24.3 Å². The van der Waals surface area contributed by atoms with Gasteiger partial charge in [0.25, 0.3) is 0 Å². The summed E-state index contributed by atoms with van der Waals surface area (Å²) in [5, 5.41) is 2.90. The van der Waals surface area contributed by atoms with Crippen LogP contribution >= 0.6 is 0 Å². The van der Waals surface area contributed by atoms with Crippen LogP contribution in [0.2, 0.25) is 0 Å². The highest BCUT2D eigenvalue weighted by atomic mass is 16.5. The second-order valence-electron chi connectivity index (χ2n) is 5.32. The number of nitrogens with one attached hydrogen (secondary N) is 1. The maximum atomic E-state index is 11.8. The molecular formula is C16H24N2O2. The van der Waals surface area contributed by atoms with Gasteiger partial charge in [-0.3, -0.25) is 4.79 Å². The molecule has 0 spiro atoms. The molecule has 110 valence electrons. The molecule has 0 aromatic heterocycles. The van der Waals surface area contributed by atoms with Gasteiger partial charge in [0.1, 0.15) is 0 Å². The van der Waals surface area contributed by atoms with Crippen molar-refractivity contribution in [3.05, 3.63) is 35.4 Å². The quantitative estimate of drug-likeness (QED) is 0.746. The topological polar surface area (TPSA) is 64.4 Å². The molecule has 1 aromatic rings. The second kappa shape index (κ2) is 8.02. The van der Waals surface area contributed by atoms with E-state index in [0.717, 1.165) is 11.1 Å². The van der Waals surface area contributed by atoms with Gasteiger partial charge in [0.15, 0.2) is 0 Å². The molecule has 1 aliphatic rings. The Kier molecular flexibility index (Phi) is 6.02. The van der Waals surface area contributed by atoms with Gasteiger partial charge in [0.05, 0.1) is 19.1 Å². The predicted molar refractivity (Wildman–Crippen MR) is 79.3 cm³/mol. The van der Waals surface area contributed by atoms with Crippen molar-refractivity contribution < 1.29 is 9.53 Å². The summed E-state index contributed by atoms with van der Waals surface area (Å²) in [6.07, 6.45) is 5.71. The second-order valence-corrected chi connectivity index (χ2v) is 5.32. The SMILES string of the molecule is NCc1ccc(CC(=O)NCCOC2CCCC2)cc1. The summed E-state index contributed by atoms with van der Waals surface area (Å²) in [4.78, 5) is 11.8. The summed E-state index contributed by atoms with van der Waals surface area (Å²) in [6.45, 7) is 1.74. The molecule has 4 nitrogen and oxygen atoms in total. The lowest BCUT2D eigenvalue weighted by Crippen LogP contribution is -2.29. The monoisotopic (exact) mass is 276 g/mol. The lowest BCUT2D eigenvalue weighted by Gasteiger charge is -2.11. The van der Waals surface area contributed by atoms with Crippen molar-refractivity contribution in [2.24, 2.45) is 5.73 Å². The van der Waals surface area contributed by atoms with Crippen molar-refractivity contribution >= 4 is 5.91 Å². The van der Waals surface area contributed by atoms with Gasteiger partial charge in [-0.15, -0.1) is 0 Å². The fourth-order valence-electron chi connectivity index (χ4n) is 2.51. The number of benzene rings is 1. The molecule has 0 aliphatic heterocycles. The lowest BCUT2D eigenvalue weighted by molar-refractivity contribution is -0.120. The minimum absolute atomic E-state index is 0.0421. The number of hydrogen-bond donors (Lipinski definition) is 2. The van der Waals surface area contributed by atoms with E-state index in [0.29, 0.717) is 32.2 Å². The van der Waals surface area contributed by atoms with Crippen molar-refractivity contribution in [1.29, 1.82) is 0 Å². The van der Waals surface area contributed by atoms with Gasteiger partial charge in [0.2, 0.25) is 5.91 Å². The van der Waals surface area contributed by atoms with Crippen LogP contribution < -0.4 is 11.1 Å². The summed E-state index contributed by atoms with van der Waals surface area (Å²) in [5.41, 5.74) is 7.63. The molecule has 20 heavy (non-hydrogen) atoms. The predicted octanol–water partition coefficient (Wildman–Crippen LogP) is 1.76. The van der Waals surface area contributed by atoms with E-state index in [1.165, 1.54) is 25.7 Å². The third-order valence-corrected chi connectivity index (χ3v) is 3.70. The third kappa shape index (κ3) is 4.94. The molecule has 4 heteroatoms. The van der Waals surface area contributed by atoms with Crippen LogP contribution in [0, 0.1) is 0 Å². The first kappa shape index (κ1) is 15.0. The van der Waals surface area contributed by atoms with E-state index in [1.54, 1.807) is 0 Å². The Hall–Kier alpha value is -1.39. The minimum atomic E-state index is 0.0421. The molecule has 1 fully saturated rings. The lowest BCUT2D eigenvalue weighted by atomic mass is 10.1. The Morgan fingerprint density at radius 2 is 1.85 bits per heavy atom. The summed E-state index contributed by atoms with van der Waals surface area (Å²) in [7, 11) is 0. The Balaban J connectivity index is 1.61. The molecule has 0 atom stereocenters. The Bertz CT molecular complexity index is 411. The average molecular weight is 276 g/mol. The van der Waals surface area contributed by atoms with Gasteiger partial charge in [-0.05, 0) is 24.0 Å². The molecule has 2 rings (SSSR count). The van der Waals surface area contributed by atoms with Crippen LogP contribution in [-0.4, -0.2) is 25.2 Å². The first-order valence-corrected chi connectivity index (χ1v) is 7.44. The van der Waals surface area contributed by atoms with Crippen LogP contribution in [-0.2, 0) is 22.5 Å². The van der Waals surface area contributed by atoms with Gasteiger partial charge < -0.3 is 15.8 Å². The summed E-state index contributed by atoms with van der Waals surface area (Å²) < 4.78 is 5.71. The summed E-state index contributed by atoms with van der Waals surface area (Å²) in [6, 6.07) is 7.84. The summed E-state index contributed by atoms with van der Waals surface area (Å²) in [5.74, 6) is 0.0421. The van der Waals surface area contributed by atoms with Gasteiger partial charge in [-0.2, -0.15) is 0 Å². The smallest absolute Gasteiger partial charge is 0.224 e. The molecule has 1 saturated carbocycles. The molecule has 0 radical (unpaired) electrons. The van der Waals surface area contributed by atoms with Gasteiger partial charge in [-0.25, -0.2) is 0 Å². The highest BCUT2D eigenvalue weighted by Gasteiger charge is 2.14. The number of rotatable bonds is 7. The van der Waals surface area contributed by atoms with Crippen LogP contribution in [0.25, 0.3) is 0 Å². The standard InChI is InChI=1S/C16H24N2O2/c17-12-14-7-5-13(6-8-14)11-16(19)18-9-10-20-15-3-1-2-4-15/h5-8,15H,1-4,9-12,17H2,(H,18,19). The molecule has 3 N–H and O–H groups in total. The van der Waals surface area contributed by atoms with Crippen LogP contribution in [0.15, 0.2) is 24.3 Å². The largest absolute Gasteiger partial charge is 0.376 e. The van der Waals surface area contributed by atoms with E-state index < -0.39 is 0 Å². The van der Waals surface area contributed by atoms with E-state index in [-0.39, 0.29) is 5.91 Å². The number of nitrogens with two attached hydrogens (primary N) is 1. The van der Waals surface area contributed by atoms with Gasteiger partial charge in [-0.1, -0.05) is 37.1 Å². The van der Waals surface area contributed by atoms with Crippen LogP contribution in [0.3, 0.4) is 0 Å².